The minimum atomic E-state index is -0.348. The second kappa shape index (κ2) is 12.6. The average molecular weight is 443 g/mol. The zero-order valence-electron chi connectivity index (χ0n) is 19.9. The van der Waals surface area contributed by atoms with Crippen molar-refractivity contribution in [3.05, 3.63) is 48.0 Å². The van der Waals surface area contributed by atoms with Crippen LogP contribution in [0.25, 0.3) is 0 Å². The van der Waals surface area contributed by atoms with Crippen molar-refractivity contribution in [3.8, 4) is 0 Å². The Hall–Kier alpha value is -1.65. The number of carbonyl (C=O) groups is 1. The number of rotatable bonds is 12. The van der Waals surface area contributed by atoms with Crippen LogP contribution < -0.4 is 0 Å². The Kier molecular flexibility index (Phi) is 9.80. The van der Waals surface area contributed by atoms with Gasteiger partial charge in [0.2, 0.25) is 0 Å². The van der Waals surface area contributed by atoms with Crippen LogP contribution in [0.2, 0.25) is 0 Å². The van der Waals surface area contributed by atoms with Gasteiger partial charge in [0.25, 0.3) is 0 Å². The molecule has 4 unspecified atom stereocenters. The van der Waals surface area contributed by atoms with E-state index in [-0.39, 0.29) is 24.1 Å². The molecule has 178 valence electrons. The number of hydrogen-bond acceptors (Lipinski definition) is 4. The van der Waals surface area contributed by atoms with Gasteiger partial charge in [0.15, 0.2) is 0 Å². The second-order valence-electron chi connectivity index (χ2n) is 10.2. The highest BCUT2D eigenvalue weighted by atomic mass is 16.5. The van der Waals surface area contributed by atoms with Crippen LogP contribution in [-0.4, -0.2) is 35.5 Å². The van der Waals surface area contributed by atoms with E-state index in [0.29, 0.717) is 30.1 Å². The Balaban J connectivity index is 1.41. The summed E-state index contributed by atoms with van der Waals surface area (Å²) in [5.41, 5.74) is 1.28. The van der Waals surface area contributed by atoms with E-state index in [0.717, 1.165) is 38.5 Å². The van der Waals surface area contributed by atoms with Gasteiger partial charge in [-0.25, -0.2) is 0 Å². The van der Waals surface area contributed by atoms with Gasteiger partial charge >= 0.3 is 5.97 Å². The maximum Gasteiger partial charge on any atom is 0.305 e. The molecule has 7 atom stereocenters. The smallest absolute Gasteiger partial charge is 0.305 e. The number of aryl methyl sites for hydroxylation is 1. The molecule has 2 aliphatic rings. The highest BCUT2D eigenvalue weighted by molar-refractivity contribution is 5.69. The first kappa shape index (κ1) is 25.0. The Bertz CT molecular complexity index is 715. The van der Waals surface area contributed by atoms with Crippen molar-refractivity contribution in [2.45, 2.75) is 83.3 Å². The van der Waals surface area contributed by atoms with E-state index < -0.39 is 0 Å². The van der Waals surface area contributed by atoms with Crippen molar-refractivity contribution in [2.75, 3.05) is 7.11 Å². The van der Waals surface area contributed by atoms with Crippen LogP contribution in [0, 0.1) is 29.6 Å². The molecule has 4 nitrogen and oxygen atoms in total. The van der Waals surface area contributed by atoms with Crippen LogP contribution in [0.4, 0.5) is 0 Å². The van der Waals surface area contributed by atoms with Crippen LogP contribution in [0.5, 0.6) is 0 Å². The predicted octanol–water partition coefficient (Wildman–Crippen LogP) is 5.32. The van der Waals surface area contributed by atoms with Gasteiger partial charge in [-0.1, -0.05) is 62.2 Å². The van der Waals surface area contributed by atoms with Crippen LogP contribution in [-0.2, 0) is 16.0 Å². The Labute approximate surface area is 194 Å². The van der Waals surface area contributed by atoms with E-state index in [1.54, 1.807) is 0 Å². The zero-order chi connectivity index (χ0) is 22.9. The topological polar surface area (TPSA) is 66.8 Å². The molecule has 3 rings (SSSR count). The van der Waals surface area contributed by atoms with Crippen LogP contribution in [0.15, 0.2) is 42.5 Å². The number of methoxy groups -OCH3 is 1. The maximum atomic E-state index is 11.4. The third kappa shape index (κ3) is 7.45. The highest BCUT2D eigenvalue weighted by Gasteiger charge is 2.37. The molecular weight excluding hydrogens is 400 g/mol. The van der Waals surface area contributed by atoms with Crippen molar-refractivity contribution in [1.82, 2.24) is 0 Å². The lowest BCUT2D eigenvalue weighted by Crippen LogP contribution is -2.27. The third-order valence-electron chi connectivity index (χ3n) is 7.92. The van der Waals surface area contributed by atoms with E-state index in [9.17, 15) is 15.0 Å². The fourth-order valence-corrected chi connectivity index (χ4v) is 5.90. The summed E-state index contributed by atoms with van der Waals surface area (Å²) in [6.07, 6.45) is 13.2. The van der Waals surface area contributed by atoms with Gasteiger partial charge < -0.3 is 14.9 Å². The molecule has 1 aromatic rings. The fraction of sp³-hybridized carbons (Fsp3) is 0.679. The zero-order valence-corrected chi connectivity index (χ0v) is 19.9. The molecule has 0 aliphatic heterocycles. The molecule has 1 fully saturated rings. The number of aliphatic hydroxyl groups excluding tert-OH is 2. The van der Waals surface area contributed by atoms with Crippen molar-refractivity contribution < 1.29 is 19.7 Å². The lowest BCUT2D eigenvalue weighted by atomic mass is 9.76. The van der Waals surface area contributed by atoms with Crippen molar-refractivity contribution in [2.24, 2.45) is 29.6 Å². The average Bonchev–Trinajstić information content (AvgIpc) is 3.41. The Morgan fingerprint density at radius 3 is 2.59 bits per heavy atom. The van der Waals surface area contributed by atoms with E-state index >= 15 is 0 Å². The molecule has 32 heavy (non-hydrogen) atoms. The van der Waals surface area contributed by atoms with Crippen molar-refractivity contribution in [3.63, 3.8) is 0 Å². The van der Waals surface area contributed by atoms with Crippen molar-refractivity contribution in [1.29, 1.82) is 0 Å². The summed E-state index contributed by atoms with van der Waals surface area (Å²) in [5.74, 6) is 2.28. The SMILES string of the molecule is COC(=O)CC[C@@H]1CC[C@@H](CC2C(O)C=CC2[C@H](C)CCC(O)CCc2ccccc2)C1. The number of hydrogen-bond donors (Lipinski definition) is 2. The highest BCUT2D eigenvalue weighted by Crippen LogP contribution is 2.43. The molecule has 2 N–H and O–H groups in total. The molecule has 1 aromatic carbocycles. The largest absolute Gasteiger partial charge is 0.469 e. The first-order valence-electron chi connectivity index (χ1n) is 12.6. The molecule has 2 aliphatic carbocycles. The fourth-order valence-electron chi connectivity index (χ4n) is 5.90. The number of benzene rings is 1. The number of allylic oxidation sites excluding steroid dienone is 1. The molecule has 0 amide bonds. The monoisotopic (exact) mass is 442 g/mol. The Morgan fingerprint density at radius 1 is 1.09 bits per heavy atom. The number of aliphatic hydroxyl groups is 2. The number of esters is 1. The third-order valence-corrected chi connectivity index (χ3v) is 7.92. The summed E-state index contributed by atoms with van der Waals surface area (Å²) in [4.78, 5) is 11.4. The first-order chi connectivity index (χ1) is 15.5. The normalized spacial score (nSPS) is 29.2. The standard InChI is InChI=1S/C28H42O4/c1-20(8-13-24(29)14-11-21-6-4-3-5-7-21)25-15-16-27(30)26(25)19-23-10-9-22(18-23)12-17-28(31)32-2/h3-7,15-16,20,22-27,29-30H,8-14,17-19H2,1-2H3/t20-,22+,23-,24?,25?,26?,27?/m1/s1. The molecule has 0 bridgehead atoms. The van der Waals surface area contributed by atoms with Gasteiger partial charge in [-0.3, -0.25) is 4.79 Å². The van der Waals surface area contributed by atoms with E-state index in [2.05, 4.69) is 25.1 Å². The van der Waals surface area contributed by atoms with Crippen LogP contribution >= 0.6 is 0 Å². The van der Waals surface area contributed by atoms with Crippen molar-refractivity contribution >= 4 is 5.97 Å². The van der Waals surface area contributed by atoms with Gasteiger partial charge in [0.1, 0.15) is 0 Å². The van der Waals surface area contributed by atoms with Gasteiger partial charge in [0, 0.05) is 6.42 Å². The molecule has 0 radical (unpaired) electrons. The van der Waals surface area contributed by atoms with Gasteiger partial charge in [-0.05, 0) is 80.1 Å². The molecule has 0 spiro atoms. The maximum absolute atomic E-state index is 11.4. The lowest BCUT2D eigenvalue weighted by molar-refractivity contribution is -0.140. The van der Waals surface area contributed by atoms with Crippen LogP contribution in [0.3, 0.4) is 0 Å². The molecule has 0 aromatic heterocycles. The quantitative estimate of drug-likeness (QED) is 0.340. The van der Waals surface area contributed by atoms with E-state index in [1.807, 2.05) is 24.3 Å². The molecule has 0 saturated heterocycles. The summed E-state index contributed by atoms with van der Waals surface area (Å²) in [5, 5.41) is 21.1. The van der Waals surface area contributed by atoms with E-state index in [4.69, 9.17) is 4.74 Å². The minimum Gasteiger partial charge on any atom is -0.469 e. The molecule has 1 saturated carbocycles. The van der Waals surface area contributed by atoms with Crippen LogP contribution in [0.1, 0.15) is 70.3 Å². The number of carbonyl (C=O) groups excluding carboxylic acids is 1. The summed E-state index contributed by atoms with van der Waals surface area (Å²) < 4.78 is 4.78. The summed E-state index contributed by atoms with van der Waals surface area (Å²) in [7, 11) is 1.46. The summed E-state index contributed by atoms with van der Waals surface area (Å²) in [6.45, 7) is 2.28. The Morgan fingerprint density at radius 2 is 1.84 bits per heavy atom. The summed E-state index contributed by atoms with van der Waals surface area (Å²) in [6, 6.07) is 10.4. The van der Waals surface area contributed by atoms with Gasteiger partial charge in [-0.2, -0.15) is 0 Å². The minimum absolute atomic E-state index is 0.108. The van der Waals surface area contributed by atoms with Gasteiger partial charge in [0.05, 0.1) is 19.3 Å². The molecule has 4 heteroatoms. The van der Waals surface area contributed by atoms with Gasteiger partial charge in [-0.15, -0.1) is 0 Å². The predicted molar refractivity (Wildman–Crippen MR) is 128 cm³/mol. The first-order valence-corrected chi connectivity index (χ1v) is 12.6. The molecule has 0 heterocycles. The second-order valence-corrected chi connectivity index (χ2v) is 10.2. The lowest BCUT2D eigenvalue weighted by Gasteiger charge is -2.30. The molecular formula is C28H42O4. The van der Waals surface area contributed by atoms with E-state index in [1.165, 1.54) is 31.9 Å². The summed E-state index contributed by atoms with van der Waals surface area (Å²) >= 11 is 0. The number of ether oxygens (including phenoxy) is 1.